The highest BCUT2D eigenvalue weighted by Crippen LogP contribution is 2.30. The molecule has 0 atom stereocenters. The zero-order chi connectivity index (χ0) is 24.7. The third-order valence-corrected chi connectivity index (χ3v) is 5.69. The van der Waals surface area contributed by atoms with E-state index in [0.717, 1.165) is 21.8 Å². The number of nitro benzene ring substituents is 1. The van der Waals surface area contributed by atoms with Gasteiger partial charge in [0.05, 0.1) is 15.6 Å². The van der Waals surface area contributed by atoms with Crippen molar-refractivity contribution < 1.29 is 24.0 Å². The Kier molecular flexibility index (Phi) is 8.10. The molecule has 2 aromatic carbocycles. The number of amides is 1. The molecule has 9 nitrogen and oxygen atoms in total. The largest absolute Gasteiger partial charge is 0.487 e. The summed E-state index contributed by atoms with van der Waals surface area (Å²) in [5.41, 5.74) is 2.83. The minimum Gasteiger partial charge on any atom is -0.487 e. The van der Waals surface area contributed by atoms with Crippen LogP contribution in [-0.4, -0.2) is 28.4 Å². The number of esters is 1. The summed E-state index contributed by atoms with van der Waals surface area (Å²) in [4.78, 5) is 39.1. The van der Waals surface area contributed by atoms with Crippen molar-refractivity contribution in [1.29, 1.82) is 0 Å². The first-order valence-corrected chi connectivity index (χ1v) is 11.1. The van der Waals surface area contributed by atoms with Crippen molar-refractivity contribution in [1.82, 2.24) is 4.98 Å². The van der Waals surface area contributed by atoms with Crippen LogP contribution in [0, 0.1) is 30.9 Å². The highest BCUT2D eigenvalue weighted by Gasteiger charge is 2.19. The summed E-state index contributed by atoms with van der Waals surface area (Å²) >= 11 is 1.56. The van der Waals surface area contributed by atoms with Crippen LogP contribution in [-0.2, 0) is 20.9 Å². The van der Waals surface area contributed by atoms with Gasteiger partial charge in [0.25, 0.3) is 11.6 Å². The molecule has 0 fully saturated rings. The number of benzene rings is 2. The lowest BCUT2D eigenvalue weighted by Gasteiger charge is -2.11. The van der Waals surface area contributed by atoms with Crippen LogP contribution in [0.4, 0.5) is 11.4 Å². The quantitative estimate of drug-likeness (QED) is 0.203. The van der Waals surface area contributed by atoms with Crippen molar-refractivity contribution in [2.45, 2.75) is 27.4 Å². The van der Waals surface area contributed by atoms with E-state index in [0.29, 0.717) is 17.9 Å². The summed E-state index contributed by atoms with van der Waals surface area (Å²) in [5.74, 6) is -0.720. The van der Waals surface area contributed by atoms with Crippen LogP contribution in [0.25, 0.3) is 6.08 Å². The van der Waals surface area contributed by atoms with Gasteiger partial charge in [0.1, 0.15) is 18.0 Å². The van der Waals surface area contributed by atoms with E-state index >= 15 is 0 Å². The number of carbonyl (C=O) groups is 2. The molecule has 3 aromatic rings. The molecule has 0 saturated carbocycles. The molecule has 176 valence electrons. The van der Waals surface area contributed by atoms with Crippen LogP contribution < -0.4 is 10.1 Å². The summed E-state index contributed by atoms with van der Waals surface area (Å²) < 4.78 is 10.6. The first kappa shape index (κ1) is 24.6. The first-order chi connectivity index (χ1) is 16.2. The second kappa shape index (κ2) is 11.2. The first-order valence-electron chi connectivity index (χ1n) is 10.3. The topological polar surface area (TPSA) is 121 Å². The van der Waals surface area contributed by atoms with E-state index in [-0.39, 0.29) is 11.4 Å². The maximum Gasteiger partial charge on any atom is 0.331 e. The van der Waals surface area contributed by atoms with Crippen molar-refractivity contribution in [3.05, 3.63) is 85.4 Å². The van der Waals surface area contributed by atoms with Gasteiger partial charge in [-0.3, -0.25) is 14.9 Å². The molecular weight excluding hydrogens is 458 g/mol. The molecule has 3 rings (SSSR count). The Labute approximate surface area is 200 Å². The summed E-state index contributed by atoms with van der Waals surface area (Å²) in [6.07, 6.45) is 2.74. The molecule has 1 amide bonds. The number of nitrogens with one attached hydrogen (secondary N) is 1. The van der Waals surface area contributed by atoms with Crippen molar-refractivity contribution in [3.63, 3.8) is 0 Å². The smallest absolute Gasteiger partial charge is 0.331 e. The Balaban J connectivity index is 1.49. The summed E-state index contributed by atoms with van der Waals surface area (Å²) in [6.45, 7) is 5.18. The number of ether oxygens (including phenoxy) is 2. The minimum atomic E-state index is -0.718. The van der Waals surface area contributed by atoms with Crippen LogP contribution in [0.15, 0.2) is 47.9 Å². The van der Waals surface area contributed by atoms with Gasteiger partial charge in [-0.1, -0.05) is 18.2 Å². The van der Waals surface area contributed by atoms with Gasteiger partial charge < -0.3 is 14.8 Å². The lowest BCUT2D eigenvalue weighted by atomic mass is 10.1. The fourth-order valence-electron chi connectivity index (χ4n) is 2.94. The lowest BCUT2D eigenvalue weighted by Crippen LogP contribution is -2.21. The van der Waals surface area contributed by atoms with Crippen LogP contribution in [0.5, 0.6) is 5.75 Å². The maximum atomic E-state index is 12.2. The van der Waals surface area contributed by atoms with Gasteiger partial charge in [-0.05, 0) is 55.7 Å². The van der Waals surface area contributed by atoms with Gasteiger partial charge in [0.15, 0.2) is 6.61 Å². The number of aromatic nitrogens is 1. The Hall–Kier alpha value is -4.05. The van der Waals surface area contributed by atoms with Crippen molar-refractivity contribution in [2.75, 3.05) is 11.9 Å². The Morgan fingerprint density at radius 3 is 2.53 bits per heavy atom. The normalized spacial score (nSPS) is 10.8. The highest BCUT2D eigenvalue weighted by molar-refractivity contribution is 7.09. The van der Waals surface area contributed by atoms with E-state index in [1.807, 2.05) is 12.3 Å². The number of hydrogen-bond donors (Lipinski definition) is 1. The third-order valence-electron chi connectivity index (χ3n) is 4.87. The Morgan fingerprint density at radius 2 is 1.88 bits per heavy atom. The molecule has 0 spiro atoms. The molecule has 0 aliphatic heterocycles. The van der Waals surface area contributed by atoms with E-state index in [1.165, 1.54) is 12.1 Å². The molecular formula is C24H23N3O6S. The Morgan fingerprint density at radius 1 is 1.15 bits per heavy atom. The molecule has 0 bridgehead atoms. The number of hydrogen-bond acceptors (Lipinski definition) is 8. The zero-order valence-electron chi connectivity index (χ0n) is 18.9. The number of nitro groups is 1. The molecule has 34 heavy (non-hydrogen) atoms. The number of nitrogens with zero attached hydrogens (tertiary/aromatic N) is 2. The standard InChI is InChI=1S/C24H23N3O6S/c1-15-4-10-21(27(30)31)24(16(15)2)26-22(28)13-33-23(29)11-7-18-5-8-20(9-6-18)32-12-19-14-34-17(3)25-19/h4-11,14H,12-13H2,1-3H3,(H,26,28). The van der Waals surface area contributed by atoms with E-state index in [1.54, 1.807) is 61.6 Å². The Bertz CT molecular complexity index is 1230. The lowest BCUT2D eigenvalue weighted by molar-refractivity contribution is -0.384. The third kappa shape index (κ3) is 6.72. The second-order valence-corrected chi connectivity index (χ2v) is 8.43. The molecule has 1 N–H and O–H groups in total. The van der Waals surface area contributed by atoms with E-state index in [2.05, 4.69) is 10.3 Å². The number of aryl methyl sites for hydroxylation is 2. The SMILES string of the molecule is Cc1nc(COc2ccc(C=CC(=O)OCC(=O)Nc3c([N+](=O)[O-])ccc(C)c3C)cc2)cs1. The molecule has 1 heterocycles. The summed E-state index contributed by atoms with van der Waals surface area (Å²) in [7, 11) is 0. The van der Waals surface area contributed by atoms with Crippen LogP contribution in [0.2, 0.25) is 0 Å². The maximum absolute atomic E-state index is 12.2. The molecule has 10 heteroatoms. The fourth-order valence-corrected chi connectivity index (χ4v) is 3.54. The minimum absolute atomic E-state index is 0.0915. The molecule has 0 radical (unpaired) electrons. The van der Waals surface area contributed by atoms with Gasteiger partial charge in [-0.15, -0.1) is 11.3 Å². The predicted octanol–water partition coefficient (Wildman–Crippen LogP) is 4.75. The van der Waals surface area contributed by atoms with E-state index < -0.39 is 23.4 Å². The van der Waals surface area contributed by atoms with Crippen molar-refractivity contribution in [2.24, 2.45) is 0 Å². The van der Waals surface area contributed by atoms with Gasteiger partial charge >= 0.3 is 5.97 Å². The number of rotatable bonds is 9. The van der Waals surface area contributed by atoms with Gasteiger partial charge in [0, 0.05) is 17.5 Å². The molecule has 0 aliphatic carbocycles. The monoisotopic (exact) mass is 481 g/mol. The number of carbonyl (C=O) groups excluding carboxylic acids is 2. The number of thiazole rings is 1. The van der Waals surface area contributed by atoms with Gasteiger partial charge in [0.2, 0.25) is 0 Å². The molecule has 1 aromatic heterocycles. The van der Waals surface area contributed by atoms with Gasteiger partial charge in [-0.2, -0.15) is 0 Å². The van der Waals surface area contributed by atoms with Crippen molar-refractivity contribution >= 4 is 40.7 Å². The van der Waals surface area contributed by atoms with Gasteiger partial charge in [-0.25, -0.2) is 9.78 Å². The van der Waals surface area contributed by atoms with Crippen molar-refractivity contribution in [3.8, 4) is 5.75 Å². The summed E-state index contributed by atoms with van der Waals surface area (Å²) in [5, 5.41) is 16.6. The average molecular weight is 482 g/mol. The predicted molar refractivity (Wildman–Crippen MR) is 129 cm³/mol. The fraction of sp³-hybridized carbons (Fsp3) is 0.208. The van der Waals surface area contributed by atoms with Crippen LogP contribution >= 0.6 is 11.3 Å². The average Bonchev–Trinajstić information content (AvgIpc) is 3.23. The molecule has 0 saturated heterocycles. The zero-order valence-corrected chi connectivity index (χ0v) is 19.7. The van der Waals surface area contributed by atoms with E-state index in [4.69, 9.17) is 9.47 Å². The van der Waals surface area contributed by atoms with Crippen LogP contribution in [0.1, 0.15) is 27.4 Å². The summed E-state index contributed by atoms with van der Waals surface area (Å²) in [6, 6.07) is 10.0. The highest BCUT2D eigenvalue weighted by atomic mass is 32.1. The molecule has 0 aliphatic rings. The van der Waals surface area contributed by atoms with Crippen LogP contribution in [0.3, 0.4) is 0 Å². The van der Waals surface area contributed by atoms with E-state index in [9.17, 15) is 19.7 Å². The molecule has 0 unspecified atom stereocenters. The second-order valence-electron chi connectivity index (χ2n) is 7.36. The number of anilines is 1.